The second-order valence-electron chi connectivity index (χ2n) is 5.95. The molecule has 1 aromatic heterocycles. The molecule has 23 heavy (non-hydrogen) atoms. The highest BCUT2D eigenvalue weighted by Gasteiger charge is 2.28. The number of hydrogen-bond acceptors (Lipinski definition) is 3. The zero-order chi connectivity index (χ0) is 16.2. The predicted molar refractivity (Wildman–Crippen MR) is 90.6 cm³/mol. The van der Waals surface area contributed by atoms with E-state index in [9.17, 15) is 4.79 Å². The Morgan fingerprint density at radius 1 is 1.35 bits per heavy atom. The number of carbonyl (C=O) groups excluding carboxylic acids is 1. The zero-order valence-corrected chi connectivity index (χ0v) is 13.7. The lowest BCUT2D eigenvalue weighted by molar-refractivity contribution is -0.117. The Morgan fingerprint density at radius 3 is 2.96 bits per heavy atom. The van der Waals surface area contributed by atoms with Gasteiger partial charge in [0, 0.05) is 30.7 Å². The third-order valence-corrected chi connectivity index (χ3v) is 4.39. The molecule has 5 nitrogen and oxygen atoms in total. The summed E-state index contributed by atoms with van der Waals surface area (Å²) in [4.78, 5) is 14.6. The lowest BCUT2D eigenvalue weighted by Gasteiger charge is -2.24. The average Bonchev–Trinajstić information content (AvgIpc) is 3.15. The highest BCUT2D eigenvalue weighted by Crippen LogP contribution is 2.31. The molecule has 0 saturated carbocycles. The van der Waals surface area contributed by atoms with Gasteiger partial charge in [-0.15, -0.1) is 0 Å². The maximum Gasteiger partial charge on any atom is 0.238 e. The Bertz CT molecular complexity index is 680. The molecule has 0 spiro atoms. The average molecular weight is 313 g/mol. The van der Waals surface area contributed by atoms with Gasteiger partial charge in [-0.05, 0) is 43.7 Å². The summed E-state index contributed by atoms with van der Waals surface area (Å²) in [6.07, 6.45) is 4.29. The molecule has 3 rings (SSSR count). The summed E-state index contributed by atoms with van der Waals surface area (Å²) in [6, 6.07) is 12.0. The standard InChI is InChI=1S/C18H23N3O2/c1-20-10-4-8-16(20)17-9-5-11-21(17)13-18(22)19-14-6-3-7-15(12-14)23-2/h3-4,6-8,10,12,17H,5,9,11,13H2,1-2H3,(H,19,22)/t17-/m1/s1. The lowest BCUT2D eigenvalue weighted by Crippen LogP contribution is -2.33. The monoisotopic (exact) mass is 313 g/mol. The molecular formula is C18H23N3O2. The number of carbonyl (C=O) groups is 1. The van der Waals surface area contributed by atoms with E-state index in [4.69, 9.17) is 4.74 Å². The van der Waals surface area contributed by atoms with E-state index in [1.54, 1.807) is 7.11 Å². The molecule has 5 heteroatoms. The first-order valence-corrected chi connectivity index (χ1v) is 7.96. The summed E-state index contributed by atoms with van der Waals surface area (Å²) in [7, 11) is 3.68. The van der Waals surface area contributed by atoms with Gasteiger partial charge in [-0.2, -0.15) is 0 Å². The van der Waals surface area contributed by atoms with Gasteiger partial charge < -0.3 is 14.6 Å². The van der Waals surface area contributed by atoms with Gasteiger partial charge in [-0.3, -0.25) is 9.69 Å². The number of methoxy groups -OCH3 is 1. The number of ether oxygens (including phenoxy) is 1. The van der Waals surface area contributed by atoms with Gasteiger partial charge in [-0.25, -0.2) is 0 Å². The molecule has 1 N–H and O–H groups in total. The van der Waals surface area contributed by atoms with Gasteiger partial charge in [0.2, 0.25) is 5.91 Å². The number of aromatic nitrogens is 1. The molecule has 0 aliphatic carbocycles. The summed E-state index contributed by atoms with van der Waals surface area (Å²) in [5, 5.41) is 2.96. The van der Waals surface area contributed by atoms with Crippen LogP contribution in [-0.2, 0) is 11.8 Å². The van der Waals surface area contributed by atoms with Crippen LogP contribution in [0.1, 0.15) is 24.6 Å². The van der Waals surface area contributed by atoms with E-state index in [0.717, 1.165) is 30.8 Å². The smallest absolute Gasteiger partial charge is 0.238 e. The van der Waals surface area contributed by atoms with E-state index in [2.05, 4.69) is 40.2 Å². The molecule has 1 aromatic carbocycles. The van der Waals surface area contributed by atoms with Gasteiger partial charge in [0.15, 0.2) is 0 Å². The van der Waals surface area contributed by atoms with E-state index in [0.29, 0.717) is 12.6 Å². The number of anilines is 1. The van der Waals surface area contributed by atoms with Crippen molar-refractivity contribution in [2.75, 3.05) is 25.5 Å². The van der Waals surface area contributed by atoms with E-state index in [-0.39, 0.29) is 5.91 Å². The number of nitrogens with zero attached hydrogens (tertiary/aromatic N) is 2. The minimum absolute atomic E-state index is 0.0133. The summed E-state index contributed by atoms with van der Waals surface area (Å²) < 4.78 is 7.33. The van der Waals surface area contributed by atoms with Crippen LogP contribution in [-0.4, -0.2) is 35.6 Å². The van der Waals surface area contributed by atoms with Gasteiger partial charge in [-0.1, -0.05) is 6.07 Å². The SMILES string of the molecule is COc1cccc(NC(=O)CN2CCC[C@@H]2c2cccn2C)c1. The number of benzene rings is 1. The third-order valence-electron chi connectivity index (χ3n) is 4.39. The Labute approximate surface area is 136 Å². The molecule has 2 aromatic rings. The van der Waals surface area contributed by atoms with Crippen molar-refractivity contribution in [1.82, 2.24) is 9.47 Å². The molecule has 0 radical (unpaired) electrons. The van der Waals surface area contributed by atoms with Crippen LogP contribution in [0.15, 0.2) is 42.6 Å². The molecule has 1 fully saturated rings. The van der Waals surface area contributed by atoms with Crippen molar-refractivity contribution in [1.29, 1.82) is 0 Å². The Kier molecular flexibility index (Phi) is 4.67. The van der Waals surface area contributed by atoms with Crippen LogP contribution in [0.3, 0.4) is 0 Å². The fourth-order valence-electron chi connectivity index (χ4n) is 3.26. The van der Waals surface area contributed by atoms with Gasteiger partial charge in [0.1, 0.15) is 5.75 Å². The van der Waals surface area contributed by atoms with Crippen molar-refractivity contribution >= 4 is 11.6 Å². The molecule has 0 unspecified atom stereocenters. The number of likely N-dealkylation sites (tertiary alicyclic amines) is 1. The van der Waals surface area contributed by atoms with E-state index >= 15 is 0 Å². The van der Waals surface area contributed by atoms with Crippen molar-refractivity contribution in [3.8, 4) is 5.75 Å². The molecule has 1 amide bonds. The Hall–Kier alpha value is -2.27. The maximum atomic E-state index is 12.4. The topological polar surface area (TPSA) is 46.5 Å². The van der Waals surface area contributed by atoms with Crippen LogP contribution in [0.5, 0.6) is 5.75 Å². The van der Waals surface area contributed by atoms with Crippen molar-refractivity contribution in [3.63, 3.8) is 0 Å². The third kappa shape index (κ3) is 3.56. The maximum absolute atomic E-state index is 12.4. The van der Waals surface area contributed by atoms with Gasteiger partial charge in [0.25, 0.3) is 0 Å². The lowest BCUT2D eigenvalue weighted by atomic mass is 10.1. The van der Waals surface area contributed by atoms with Gasteiger partial charge >= 0.3 is 0 Å². The largest absolute Gasteiger partial charge is 0.497 e. The van der Waals surface area contributed by atoms with E-state index < -0.39 is 0 Å². The van der Waals surface area contributed by atoms with Crippen molar-refractivity contribution < 1.29 is 9.53 Å². The minimum atomic E-state index is 0.0133. The highest BCUT2D eigenvalue weighted by molar-refractivity contribution is 5.92. The second kappa shape index (κ2) is 6.87. The molecule has 0 bridgehead atoms. The minimum Gasteiger partial charge on any atom is -0.497 e. The van der Waals surface area contributed by atoms with Crippen molar-refractivity contribution in [3.05, 3.63) is 48.3 Å². The van der Waals surface area contributed by atoms with Crippen LogP contribution in [0.25, 0.3) is 0 Å². The number of amides is 1. The van der Waals surface area contributed by atoms with E-state index in [1.807, 2.05) is 24.3 Å². The molecule has 2 heterocycles. The van der Waals surface area contributed by atoms with Crippen molar-refractivity contribution in [2.24, 2.45) is 7.05 Å². The van der Waals surface area contributed by atoms with Crippen LogP contribution >= 0.6 is 0 Å². The van der Waals surface area contributed by atoms with Crippen molar-refractivity contribution in [2.45, 2.75) is 18.9 Å². The predicted octanol–water partition coefficient (Wildman–Crippen LogP) is 2.81. The highest BCUT2D eigenvalue weighted by atomic mass is 16.5. The first-order chi connectivity index (χ1) is 11.2. The van der Waals surface area contributed by atoms with Gasteiger partial charge in [0.05, 0.1) is 19.7 Å². The molecule has 1 aliphatic rings. The zero-order valence-electron chi connectivity index (χ0n) is 13.7. The first-order valence-electron chi connectivity index (χ1n) is 7.96. The fourth-order valence-corrected chi connectivity index (χ4v) is 3.26. The number of aryl methyl sites for hydroxylation is 1. The molecule has 122 valence electrons. The van der Waals surface area contributed by atoms with E-state index in [1.165, 1.54) is 5.69 Å². The molecule has 1 atom stereocenters. The Balaban J connectivity index is 1.64. The number of nitrogens with one attached hydrogen (secondary N) is 1. The van der Waals surface area contributed by atoms with Crippen LogP contribution in [0.2, 0.25) is 0 Å². The second-order valence-corrected chi connectivity index (χ2v) is 5.95. The first kappa shape index (κ1) is 15.6. The summed E-state index contributed by atoms with van der Waals surface area (Å²) in [6.45, 7) is 1.37. The number of rotatable bonds is 5. The van der Waals surface area contributed by atoms with Crippen LogP contribution in [0.4, 0.5) is 5.69 Å². The quantitative estimate of drug-likeness (QED) is 0.923. The van der Waals surface area contributed by atoms with Crippen LogP contribution < -0.4 is 10.1 Å². The number of hydrogen-bond donors (Lipinski definition) is 1. The molecular weight excluding hydrogens is 290 g/mol. The summed E-state index contributed by atoms with van der Waals surface area (Å²) >= 11 is 0. The fraction of sp³-hybridized carbons (Fsp3) is 0.389. The summed E-state index contributed by atoms with van der Waals surface area (Å²) in [5.74, 6) is 0.755. The Morgan fingerprint density at radius 2 is 2.22 bits per heavy atom. The molecule has 1 aliphatic heterocycles. The molecule has 1 saturated heterocycles. The normalized spacial score (nSPS) is 18.1. The van der Waals surface area contributed by atoms with Crippen LogP contribution in [0, 0.1) is 0 Å². The summed E-state index contributed by atoms with van der Waals surface area (Å²) in [5.41, 5.74) is 2.04.